The normalized spacial score (nSPS) is 11.2. The van der Waals surface area contributed by atoms with Crippen LogP contribution in [-0.4, -0.2) is 5.75 Å². The maximum absolute atomic E-state index is 2.70. The predicted molar refractivity (Wildman–Crippen MR) is 86.2 cm³/mol. The Balaban J connectivity index is 3.41. The standard InChI is InChI=1S/C6H14S2.Hg.3HI/c1-3-6(4-2)5-8-7;;;;/h6-7H,3-5H2,1-2H3;;3*1H/q;+4;;;/p-4. The molecule has 0 spiro atoms. The van der Waals surface area contributed by atoms with Crippen LogP contribution in [-0.2, 0) is 6.98 Å². The molecule has 0 aromatic rings. The van der Waals surface area contributed by atoms with E-state index in [9.17, 15) is 0 Å². The van der Waals surface area contributed by atoms with Gasteiger partial charge in [-0.3, -0.25) is 0 Å². The van der Waals surface area contributed by atoms with E-state index in [2.05, 4.69) is 84.9 Å². The van der Waals surface area contributed by atoms with Gasteiger partial charge in [-0.25, -0.2) is 0 Å². The monoisotopic (exact) mass is 732 g/mol. The Morgan fingerprint density at radius 2 is 1.67 bits per heavy atom. The molecule has 0 amide bonds. The molecular weight excluding hydrogens is 718 g/mol. The third-order valence-corrected chi connectivity index (χ3v) is 79.9. The first kappa shape index (κ1) is 15.8. The van der Waals surface area contributed by atoms with Crippen molar-refractivity contribution in [2.45, 2.75) is 26.7 Å². The van der Waals surface area contributed by atoms with Crippen LogP contribution in [0.1, 0.15) is 26.7 Å². The van der Waals surface area contributed by atoms with Crippen LogP contribution in [0.2, 0.25) is 0 Å². The number of halogens is 3. The van der Waals surface area contributed by atoms with Crippen molar-refractivity contribution < 1.29 is 6.98 Å². The summed E-state index contributed by atoms with van der Waals surface area (Å²) in [5.74, 6) is 2.31. The molecule has 12 heavy (non-hydrogen) atoms. The van der Waals surface area contributed by atoms with E-state index in [1.54, 1.807) is 0 Å². The predicted octanol–water partition coefficient (Wildman–Crippen LogP) is 5.92. The van der Waals surface area contributed by atoms with E-state index in [1.807, 2.05) is 0 Å². The van der Waals surface area contributed by atoms with E-state index < -0.39 is 6.98 Å². The minimum absolute atomic E-state index is 0.949. The molecule has 0 heterocycles. The number of rotatable bonds is 6. The van der Waals surface area contributed by atoms with Crippen molar-refractivity contribution in [3.8, 4) is 0 Å². The number of hydrogen-bond acceptors (Lipinski definition) is 2. The van der Waals surface area contributed by atoms with E-state index in [0.29, 0.717) is 0 Å². The molecule has 0 radical (unpaired) electrons. The van der Waals surface area contributed by atoms with E-state index in [0.717, 1.165) is 5.92 Å². The zero-order valence-electron chi connectivity index (χ0n) is 7.36. The SMILES string of the molecule is CCC(CC)CS[S][Hg]([I])([I])[I]. The second-order valence-electron chi connectivity index (χ2n) is 2.72. The first-order valence-electron chi connectivity index (χ1n) is 4.18. The van der Waals surface area contributed by atoms with Crippen LogP contribution in [0.25, 0.3) is 0 Å². The molecule has 0 aliphatic carbocycles. The fourth-order valence-electron chi connectivity index (χ4n) is 0.763. The summed E-state index contributed by atoms with van der Waals surface area (Å²) in [5.41, 5.74) is 0. The van der Waals surface area contributed by atoms with Crippen LogP contribution in [0.15, 0.2) is 0 Å². The van der Waals surface area contributed by atoms with Crippen molar-refractivity contribution in [3.63, 3.8) is 0 Å². The molecule has 0 saturated heterocycles. The van der Waals surface area contributed by atoms with Crippen molar-refractivity contribution in [1.82, 2.24) is 0 Å². The van der Waals surface area contributed by atoms with Gasteiger partial charge >= 0.3 is 116 Å². The van der Waals surface area contributed by atoms with Gasteiger partial charge in [0, 0.05) is 0 Å². The Labute approximate surface area is 113 Å². The Hall–Kier alpha value is 3.83. The molecule has 6 heteroatoms. The van der Waals surface area contributed by atoms with Gasteiger partial charge < -0.3 is 0 Å². The molecule has 0 atom stereocenters. The molecule has 0 unspecified atom stereocenters. The van der Waals surface area contributed by atoms with Crippen LogP contribution in [0.5, 0.6) is 0 Å². The van der Waals surface area contributed by atoms with E-state index in [-0.39, 0.29) is 0 Å². The van der Waals surface area contributed by atoms with Gasteiger partial charge in [0.25, 0.3) is 0 Å². The van der Waals surface area contributed by atoms with Crippen molar-refractivity contribution in [2.75, 3.05) is 5.75 Å². The average molecular weight is 731 g/mol. The van der Waals surface area contributed by atoms with E-state index in [1.165, 1.54) is 18.6 Å². The molecule has 0 aliphatic rings. The molecule has 0 aromatic heterocycles. The molecule has 0 aliphatic heterocycles. The fourth-order valence-corrected chi connectivity index (χ4v) is 55.7. The second-order valence-corrected chi connectivity index (χ2v) is 190. The summed E-state index contributed by atoms with van der Waals surface area (Å²) in [6.07, 6.45) is 2.69. The first-order valence-corrected chi connectivity index (χ1v) is 59.8. The minimum atomic E-state index is -1.86. The summed E-state index contributed by atoms with van der Waals surface area (Å²) in [6, 6.07) is 0. The molecule has 0 aromatic carbocycles. The van der Waals surface area contributed by atoms with Gasteiger partial charge in [-0.05, 0) is 0 Å². The van der Waals surface area contributed by atoms with Gasteiger partial charge in [-0.15, -0.1) is 0 Å². The van der Waals surface area contributed by atoms with E-state index in [4.69, 9.17) is 0 Å². The third kappa shape index (κ3) is 10.3. The molecule has 0 bridgehead atoms. The quantitative estimate of drug-likeness (QED) is 0.189. The van der Waals surface area contributed by atoms with Crippen LogP contribution in [0.4, 0.5) is 0 Å². The second kappa shape index (κ2) is 8.92. The summed E-state index contributed by atoms with van der Waals surface area (Å²) in [7, 11) is 4.32. The Kier molecular flexibility index (Phi) is 11.8. The van der Waals surface area contributed by atoms with Crippen molar-refractivity contribution in [3.05, 3.63) is 0 Å². The van der Waals surface area contributed by atoms with Crippen LogP contribution in [0.3, 0.4) is 0 Å². The third-order valence-electron chi connectivity index (χ3n) is 1.68. The zero-order chi connectivity index (χ0) is 9.61. The topological polar surface area (TPSA) is 0 Å². The van der Waals surface area contributed by atoms with Crippen LogP contribution >= 0.6 is 71.1 Å². The molecular formula is C6H13HgI3S2. The zero-order valence-corrected chi connectivity index (χ0v) is 21.0. The summed E-state index contributed by atoms with van der Waals surface area (Å²) < 4.78 is 0. The summed E-state index contributed by atoms with van der Waals surface area (Å²) >= 11 is 8.10. The van der Waals surface area contributed by atoms with Gasteiger partial charge in [0.05, 0.1) is 0 Å². The fraction of sp³-hybridized carbons (Fsp3) is 1.00. The molecule has 0 nitrogen and oxygen atoms in total. The van der Waals surface area contributed by atoms with Gasteiger partial charge in [0.15, 0.2) is 0 Å². The van der Waals surface area contributed by atoms with Crippen molar-refractivity contribution >= 4 is 71.1 Å². The van der Waals surface area contributed by atoms with Crippen LogP contribution < -0.4 is 0 Å². The average Bonchev–Trinajstić information content (AvgIpc) is 1.96. The van der Waals surface area contributed by atoms with Crippen molar-refractivity contribution in [2.24, 2.45) is 5.92 Å². The maximum atomic E-state index is 2.70. The summed E-state index contributed by atoms with van der Waals surface area (Å²) in [4.78, 5) is 0. The Bertz CT molecular complexity index is 114. The van der Waals surface area contributed by atoms with Gasteiger partial charge in [-0.2, -0.15) is 0 Å². The molecule has 0 N–H and O–H groups in total. The van der Waals surface area contributed by atoms with E-state index >= 15 is 0 Å². The summed E-state index contributed by atoms with van der Waals surface area (Å²) in [5, 5.41) is 0. The molecule has 72 valence electrons. The van der Waals surface area contributed by atoms with Gasteiger partial charge in [0.1, 0.15) is 0 Å². The van der Waals surface area contributed by atoms with Crippen LogP contribution in [0, 0.1) is 5.92 Å². The summed E-state index contributed by atoms with van der Waals surface area (Å²) in [6.45, 7) is 2.75. The number of hydrogen-bond donors (Lipinski definition) is 0. The Morgan fingerprint density at radius 3 is 2.00 bits per heavy atom. The van der Waals surface area contributed by atoms with Gasteiger partial charge in [-0.1, -0.05) is 0 Å². The molecule has 0 rings (SSSR count). The van der Waals surface area contributed by atoms with Crippen molar-refractivity contribution in [1.29, 1.82) is 0 Å². The molecule has 0 saturated carbocycles. The Morgan fingerprint density at radius 1 is 1.17 bits per heavy atom. The molecule has 0 fully saturated rings. The first-order chi connectivity index (χ1) is 5.49. The van der Waals surface area contributed by atoms with Gasteiger partial charge in [0.2, 0.25) is 0 Å².